The molecule has 3 N–H and O–H groups in total. The second kappa shape index (κ2) is 11.9. The van der Waals surface area contributed by atoms with Crippen LogP contribution < -0.4 is 10.6 Å². The lowest BCUT2D eigenvalue weighted by molar-refractivity contribution is -0.122. The van der Waals surface area contributed by atoms with Crippen molar-refractivity contribution in [3.8, 4) is 23.7 Å². The molecule has 10 heteroatoms. The SMILES string of the molecule is C#CCn1c(C(=O)O)cc2cc(NC(=O)C3(NC(=O)c4ccc5c(c4)nc(-c4ccoc4)n5C4CCCCC4)CCCC3)ccc21. The first-order valence-electron chi connectivity index (χ1n) is 15.9. The zero-order chi connectivity index (χ0) is 31.8. The standard InChI is InChI=1S/C36H35N5O5/c1-2-17-40-29-13-11-26(19-25(29)21-31(40)34(43)44)37-35(45)36(15-6-7-16-36)39-33(42)23-10-12-30-28(20-23)38-32(24-14-18-46-22-24)41(30)27-8-4-3-5-9-27/h1,10-14,18-22,27H,3-9,15-17H2,(H,37,45)(H,39,42)(H,43,44). The number of carbonyl (C=O) groups is 3. The van der Waals surface area contributed by atoms with Crippen molar-refractivity contribution in [2.45, 2.75) is 75.9 Å². The first-order valence-corrected chi connectivity index (χ1v) is 15.9. The van der Waals surface area contributed by atoms with E-state index in [1.54, 1.807) is 41.4 Å². The number of hydrogen-bond donors (Lipinski definition) is 3. The highest BCUT2D eigenvalue weighted by Gasteiger charge is 2.43. The minimum atomic E-state index is -1.08. The van der Waals surface area contributed by atoms with Gasteiger partial charge in [0.1, 0.15) is 23.3 Å². The number of rotatable bonds is 8. The van der Waals surface area contributed by atoms with Gasteiger partial charge in [-0.2, -0.15) is 0 Å². The molecule has 0 bridgehead atoms. The predicted octanol–water partition coefficient (Wildman–Crippen LogP) is 6.77. The summed E-state index contributed by atoms with van der Waals surface area (Å²) in [6.07, 6.45) is 17.2. The maximum absolute atomic E-state index is 13.8. The molecule has 0 spiro atoms. The number of benzene rings is 2. The third-order valence-corrected chi connectivity index (χ3v) is 9.54. The van der Waals surface area contributed by atoms with Crippen molar-refractivity contribution in [3.63, 3.8) is 0 Å². The third kappa shape index (κ3) is 5.21. The Morgan fingerprint density at radius 3 is 2.50 bits per heavy atom. The molecular weight excluding hydrogens is 582 g/mol. The van der Waals surface area contributed by atoms with Crippen LogP contribution in [0.3, 0.4) is 0 Å². The summed E-state index contributed by atoms with van der Waals surface area (Å²) in [4.78, 5) is 44.3. The van der Waals surface area contributed by atoms with Crippen molar-refractivity contribution in [2.75, 3.05) is 5.32 Å². The number of nitrogens with one attached hydrogen (secondary N) is 2. The number of carboxylic acids is 1. The molecule has 3 heterocycles. The van der Waals surface area contributed by atoms with Crippen LogP contribution in [0, 0.1) is 12.3 Å². The Labute approximate surface area is 265 Å². The number of aromatic nitrogens is 3. The number of terminal acetylenes is 1. The van der Waals surface area contributed by atoms with Crippen LogP contribution in [0.4, 0.5) is 5.69 Å². The Kier molecular flexibility index (Phi) is 7.61. The summed E-state index contributed by atoms with van der Waals surface area (Å²) >= 11 is 0. The molecule has 3 aromatic heterocycles. The molecular formula is C36H35N5O5. The summed E-state index contributed by atoms with van der Waals surface area (Å²) in [6, 6.07) is 14.6. The van der Waals surface area contributed by atoms with Crippen molar-refractivity contribution in [3.05, 3.63) is 72.3 Å². The van der Waals surface area contributed by atoms with Crippen LogP contribution in [0.5, 0.6) is 0 Å². The van der Waals surface area contributed by atoms with Gasteiger partial charge < -0.3 is 29.3 Å². The first-order chi connectivity index (χ1) is 22.4. The Hall–Kier alpha value is -5.30. The van der Waals surface area contributed by atoms with Gasteiger partial charge in [0, 0.05) is 28.2 Å². The normalized spacial score (nSPS) is 16.4. The highest BCUT2D eigenvalue weighted by atomic mass is 16.4. The summed E-state index contributed by atoms with van der Waals surface area (Å²) in [7, 11) is 0. The average Bonchev–Trinajstić information content (AvgIpc) is 3.87. The molecule has 0 radical (unpaired) electrons. The highest BCUT2D eigenvalue weighted by Crippen LogP contribution is 2.37. The van der Waals surface area contributed by atoms with Crippen LogP contribution >= 0.6 is 0 Å². The van der Waals surface area contributed by atoms with Crippen molar-refractivity contribution in [1.82, 2.24) is 19.4 Å². The molecule has 5 aromatic rings. The smallest absolute Gasteiger partial charge is 0.352 e. The topological polar surface area (TPSA) is 131 Å². The minimum Gasteiger partial charge on any atom is -0.477 e. The number of furan rings is 1. The molecule has 2 aliphatic carbocycles. The van der Waals surface area contributed by atoms with E-state index in [0.717, 1.165) is 48.1 Å². The van der Waals surface area contributed by atoms with Gasteiger partial charge in [-0.05, 0) is 74.2 Å². The van der Waals surface area contributed by atoms with Gasteiger partial charge >= 0.3 is 5.97 Å². The fourth-order valence-electron chi connectivity index (χ4n) is 7.26. The fraction of sp³-hybridized carbons (Fsp3) is 0.333. The summed E-state index contributed by atoms with van der Waals surface area (Å²) in [6.45, 7) is 0.114. The van der Waals surface area contributed by atoms with Crippen molar-refractivity contribution < 1.29 is 23.9 Å². The van der Waals surface area contributed by atoms with E-state index in [4.69, 9.17) is 15.8 Å². The van der Waals surface area contributed by atoms with Gasteiger partial charge in [0.2, 0.25) is 5.91 Å². The maximum Gasteiger partial charge on any atom is 0.352 e. The van der Waals surface area contributed by atoms with Crippen LogP contribution in [-0.4, -0.2) is 42.5 Å². The second-order valence-corrected chi connectivity index (χ2v) is 12.4. The molecule has 2 fully saturated rings. The lowest BCUT2D eigenvalue weighted by Crippen LogP contribution is -2.55. The van der Waals surface area contributed by atoms with Crippen LogP contribution in [0.1, 0.15) is 84.7 Å². The lowest BCUT2D eigenvalue weighted by atomic mass is 9.94. The second-order valence-electron chi connectivity index (χ2n) is 12.4. The molecule has 0 atom stereocenters. The number of hydrogen-bond acceptors (Lipinski definition) is 5. The van der Waals surface area contributed by atoms with Gasteiger partial charge in [-0.25, -0.2) is 9.78 Å². The van der Waals surface area contributed by atoms with Crippen LogP contribution in [-0.2, 0) is 11.3 Å². The fourth-order valence-corrected chi connectivity index (χ4v) is 7.26. The van der Waals surface area contributed by atoms with Crippen molar-refractivity contribution >= 4 is 45.4 Å². The largest absolute Gasteiger partial charge is 0.477 e. The molecule has 0 aliphatic heterocycles. The summed E-state index contributed by atoms with van der Waals surface area (Å²) in [5, 5.41) is 16.3. The predicted molar refractivity (Wildman–Crippen MR) is 175 cm³/mol. The molecule has 2 aromatic carbocycles. The monoisotopic (exact) mass is 617 g/mol. The van der Waals surface area contributed by atoms with Crippen LogP contribution in [0.15, 0.2) is 65.5 Å². The number of imidazole rings is 1. The zero-order valence-electron chi connectivity index (χ0n) is 25.4. The number of fused-ring (bicyclic) bond motifs is 2. The zero-order valence-corrected chi connectivity index (χ0v) is 25.4. The van der Waals surface area contributed by atoms with E-state index in [2.05, 4.69) is 21.1 Å². The van der Waals surface area contributed by atoms with E-state index >= 15 is 0 Å². The van der Waals surface area contributed by atoms with Gasteiger partial charge in [-0.1, -0.05) is 38.0 Å². The first kappa shape index (κ1) is 29.4. The van der Waals surface area contributed by atoms with Gasteiger partial charge in [0.05, 0.1) is 29.4 Å². The number of aromatic carboxylic acids is 1. The average molecular weight is 618 g/mol. The minimum absolute atomic E-state index is 0.0772. The van der Waals surface area contributed by atoms with E-state index in [1.165, 1.54) is 19.3 Å². The van der Waals surface area contributed by atoms with Gasteiger partial charge in [0.25, 0.3) is 5.91 Å². The Morgan fingerprint density at radius 1 is 1.00 bits per heavy atom. The van der Waals surface area contributed by atoms with Gasteiger partial charge in [-0.3, -0.25) is 9.59 Å². The molecule has 0 saturated heterocycles. The quantitative estimate of drug-likeness (QED) is 0.165. The van der Waals surface area contributed by atoms with Crippen LogP contribution in [0.25, 0.3) is 33.3 Å². The molecule has 46 heavy (non-hydrogen) atoms. The van der Waals surface area contributed by atoms with Gasteiger partial charge in [-0.15, -0.1) is 6.42 Å². The van der Waals surface area contributed by atoms with E-state index < -0.39 is 11.5 Å². The van der Waals surface area contributed by atoms with Crippen LogP contribution in [0.2, 0.25) is 0 Å². The Balaban J connectivity index is 1.15. The molecule has 2 amide bonds. The number of amides is 2. The number of anilines is 1. The Bertz CT molecular complexity index is 2000. The summed E-state index contributed by atoms with van der Waals surface area (Å²) in [5.41, 5.74) is 3.22. The number of carboxylic acid groups (broad SMARTS) is 1. The molecule has 234 valence electrons. The molecule has 0 unspecified atom stereocenters. The van der Waals surface area contributed by atoms with E-state index in [9.17, 15) is 19.5 Å². The van der Waals surface area contributed by atoms with E-state index in [-0.39, 0.29) is 24.1 Å². The maximum atomic E-state index is 13.8. The highest BCUT2D eigenvalue weighted by molar-refractivity contribution is 6.06. The molecule has 10 nitrogen and oxygen atoms in total. The van der Waals surface area contributed by atoms with Gasteiger partial charge in [0.15, 0.2) is 0 Å². The number of nitrogens with zero attached hydrogens (tertiary/aromatic N) is 3. The summed E-state index contributed by atoms with van der Waals surface area (Å²) in [5.74, 6) is 1.62. The molecule has 7 rings (SSSR count). The molecule has 2 saturated carbocycles. The lowest BCUT2D eigenvalue weighted by Gasteiger charge is -2.29. The van der Waals surface area contributed by atoms with Crippen molar-refractivity contribution in [1.29, 1.82) is 0 Å². The Morgan fingerprint density at radius 2 is 1.78 bits per heavy atom. The number of carbonyl (C=O) groups excluding carboxylic acids is 2. The summed E-state index contributed by atoms with van der Waals surface area (Å²) < 4.78 is 9.23. The van der Waals surface area contributed by atoms with E-state index in [1.807, 2.05) is 24.3 Å². The van der Waals surface area contributed by atoms with Crippen molar-refractivity contribution in [2.24, 2.45) is 0 Å². The molecule has 2 aliphatic rings. The van der Waals surface area contributed by atoms with E-state index in [0.29, 0.717) is 41.0 Å². The third-order valence-electron chi connectivity index (χ3n) is 9.54.